The molecule has 2 heterocycles. The molecule has 0 bridgehead atoms. The van der Waals surface area contributed by atoms with Crippen molar-refractivity contribution in [1.29, 1.82) is 0 Å². The van der Waals surface area contributed by atoms with E-state index in [4.69, 9.17) is 4.98 Å². The fraction of sp³-hybridized carbons (Fsp3) is 0.737. The fourth-order valence-corrected chi connectivity index (χ4v) is 4.05. The summed E-state index contributed by atoms with van der Waals surface area (Å²) in [6.45, 7) is 4.77. The molecule has 1 aromatic heterocycles. The van der Waals surface area contributed by atoms with Crippen LogP contribution in [0.2, 0.25) is 0 Å². The van der Waals surface area contributed by atoms with Crippen LogP contribution >= 0.6 is 0 Å². The Morgan fingerprint density at radius 1 is 1.18 bits per heavy atom. The molecule has 1 aliphatic carbocycles. The van der Waals surface area contributed by atoms with Gasteiger partial charge in [0, 0.05) is 23.8 Å². The summed E-state index contributed by atoms with van der Waals surface area (Å²) in [5.74, 6) is 1.16. The van der Waals surface area contributed by atoms with E-state index in [-0.39, 0.29) is 0 Å². The highest BCUT2D eigenvalue weighted by atomic mass is 15.2. The summed E-state index contributed by atoms with van der Waals surface area (Å²) in [6, 6.07) is 5.62. The van der Waals surface area contributed by atoms with Crippen molar-refractivity contribution in [3.63, 3.8) is 0 Å². The first-order valence-electron chi connectivity index (χ1n) is 9.34. The molecule has 1 N–H and O–H groups in total. The number of aromatic nitrogens is 1. The third-order valence-corrected chi connectivity index (χ3v) is 5.31. The lowest BCUT2D eigenvalue weighted by Gasteiger charge is -2.29. The van der Waals surface area contributed by atoms with Crippen molar-refractivity contribution in [2.24, 2.45) is 0 Å². The molecule has 122 valence electrons. The molecule has 1 aromatic rings. The fourth-order valence-electron chi connectivity index (χ4n) is 4.05. The van der Waals surface area contributed by atoms with Gasteiger partial charge in [0.2, 0.25) is 0 Å². The number of rotatable bonds is 6. The minimum Gasteiger partial charge on any atom is -0.367 e. The Balaban J connectivity index is 1.72. The normalized spacial score (nSPS) is 23.8. The first-order valence-corrected chi connectivity index (χ1v) is 9.34. The molecule has 0 amide bonds. The van der Waals surface area contributed by atoms with Crippen LogP contribution in [0.25, 0.3) is 0 Å². The van der Waals surface area contributed by atoms with Gasteiger partial charge in [-0.05, 0) is 51.3 Å². The lowest BCUT2D eigenvalue weighted by molar-refractivity contribution is 0.253. The first kappa shape index (κ1) is 15.8. The molecule has 1 saturated heterocycles. The molecular weight excluding hydrogens is 270 g/mol. The largest absolute Gasteiger partial charge is 0.367 e. The zero-order valence-electron chi connectivity index (χ0n) is 14.1. The highest BCUT2D eigenvalue weighted by molar-refractivity contribution is 5.47. The molecule has 3 nitrogen and oxygen atoms in total. The van der Waals surface area contributed by atoms with Gasteiger partial charge >= 0.3 is 0 Å². The van der Waals surface area contributed by atoms with Crippen molar-refractivity contribution in [1.82, 2.24) is 9.88 Å². The van der Waals surface area contributed by atoms with Gasteiger partial charge in [0.15, 0.2) is 0 Å². The van der Waals surface area contributed by atoms with Gasteiger partial charge in [-0.2, -0.15) is 0 Å². The number of hydrogen-bond acceptors (Lipinski definition) is 3. The second-order valence-corrected chi connectivity index (χ2v) is 6.97. The number of hydrogen-bond donors (Lipinski definition) is 1. The van der Waals surface area contributed by atoms with Crippen LogP contribution in [0.5, 0.6) is 0 Å². The van der Waals surface area contributed by atoms with E-state index in [1.807, 2.05) is 6.20 Å². The van der Waals surface area contributed by atoms with Crippen molar-refractivity contribution in [2.45, 2.75) is 76.8 Å². The highest BCUT2D eigenvalue weighted by Gasteiger charge is 2.28. The molecule has 2 aliphatic rings. The van der Waals surface area contributed by atoms with Crippen molar-refractivity contribution in [3.05, 3.63) is 23.9 Å². The SMILES string of the molecule is CCCCN1CCC[C@H]1c1cccnc1NC1CCCCC1. The van der Waals surface area contributed by atoms with E-state index in [1.54, 1.807) is 0 Å². The molecule has 1 saturated carbocycles. The monoisotopic (exact) mass is 301 g/mol. The third-order valence-electron chi connectivity index (χ3n) is 5.31. The average Bonchev–Trinajstić information content (AvgIpc) is 3.03. The van der Waals surface area contributed by atoms with Gasteiger partial charge in [-0.25, -0.2) is 4.98 Å². The predicted octanol–water partition coefficient (Wildman–Crippen LogP) is 4.76. The highest BCUT2D eigenvalue weighted by Crippen LogP contribution is 2.36. The summed E-state index contributed by atoms with van der Waals surface area (Å²) in [7, 11) is 0. The van der Waals surface area contributed by atoms with Crippen molar-refractivity contribution >= 4 is 5.82 Å². The number of anilines is 1. The Hall–Kier alpha value is -1.09. The summed E-state index contributed by atoms with van der Waals surface area (Å²) in [5.41, 5.74) is 1.43. The molecule has 0 aromatic carbocycles. The minimum absolute atomic E-state index is 0.575. The van der Waals surface area contributed by atoms with Crippen LogP contribution in [-0.2, 0) is 0 Å². The van der Waals surface area contributed by atoms with E-state index in [0.717, 1.165) is 5.82 Å². The van der Waals surface area contributed by atoms with Crippen LogP contribution < -0.4 is 5.32 Å². The summed E-state index contributed by atoms with van der Waals surface area (Å²) >= 11 is 0. The molecule has 1 atom stereocenters. The van der Waals surface area contributed by atoms with E-state index < -0.39 is 0 Å². The Labute approximate surface area is 135 Å². The molecule has 0 spiro atoms. The predicted molar refractivity (Wildman–Crippen MR) is 93.2 cm³/mol. The van der Waals surface area contributed by atoms with Crippen LogP contribution in [0.15, 0.2) is 18.3 Å². The Bertz CT molecular complexity index is 454. The number of nitrogens with one attached hydrogen (secondary N) is 1. The number of unbranched alkanes of at least 4 members (excludes halogenated alkanes) is 1. The second-order valence-electron chi connectivity index (χ2n) is 6.97. The van der Waals surface area contributed by atoms with Crippen molar-refractivity contribution in [3.8, 4) is 0 Å². The molecular formula is C19H31N3. The second kappa shape index (κ2) is 7.96. The molecule has 0 radical (unpaired) electrons. The van der Waals surface area contributed by atoms with Gasteiger partial charge < -0.3 is 5.32 Å². The van der Waals surface area contributed by atoms with Crippen LogP contribution in [0.1, 0.15) is 76.3 Å². The van der Waals surface area contributed by atoms with Crippen LogP contribution in [0.4, 0.5) is 5.82 Å². The van der Waals surface area contributed by atoms with Gasteiger partial charge in [-0.1, -0.05) is 38.7 Å². The smallest absolute Gasteiger partial charge is 0.130 e. The van der Waals surface area contributed by atoms with E-state index in [1.165, 1.54) is 76.4 Å². The van der Waals surface area contributed by atoms with E-state index in [9.17, 15) is 0 Å². The molecule has 1 aliphatic heterocycles. The standard InChI is InChI=1S/C19H31N3/c1-2-3-14-22-15-8-12-18(22)17-11-7-13-20-19(17)21-16-9-5-4-6-10-16/h7,11,13,16,18H,2-6,8-10,12,14-15H2,1H3,(H,20,21)/t18-/m0/s1. The maximum absolute atomic E-state index is 4.69. The molecule has 2 fully saturated rings. The van der Waals surface area contributed by atoms with Crippen molar-refractivity contribution in [2.75, 3.05) is 18.4 Å². The summed E-state index contributed by atoms with van der Waals surface area (Å²) < 4.78 is 0. The average molecular weight is 301 g/mol. The summed E-state index contributed by atoms with van der Waals surface area (Å²) in [5, 5.41) is 3.77. The van der Waals surface area contributed by atoms with E-state index >= 15 is 0 Å². The quantitative estimate of drug-likeness (QED) is 0.821. The topological polar surface area (TPSA) is 28.2 Å². The Morgan fingerprint density at radius 2 is 2.05 bits per heavy atom. The molecule has 22 heavy (non-hydrogen) atoms. The van der Waals surface area contributed by atoms with Crippen LogP contribution in [-0.4, -0.2) is 29.0 Å². The maximum atomic E-state index is 4.69. The van der Waals surface area contributed by atoms with Gasteiger partial charge in [0.05, 0.1) is 0 Å². The van der Waals surface area contributed by atoms with Crippen molar-refractivity contribution < 1.29 is 0 Å². The Kier molecular flexibility index (Phi) is 5.71. The van der Waals surface area contributed by atoms with E-state index in [2.05, 4.69) is 29.3 Å². The number of pyridine rings is 1. The zero-order valence-corrected chi connectivity index (χ0v) is 14.1. The maximum Gasteiger partial charge on any atom is 0.130 e. The summed E-state index contributed by atoms with van der Waals surface area (Å²) in [4.78, 5) is 7.37. The molecule has 3 heteroatoms. The summed E-state index contributed by atoms with van der Waals surface area (Å²) in [6.07, 6.45) is 13.9. The van der Waals surface area contributed by atoms with Gasteiger partial charge in [-0.15, -0.1) is 0 Å². The lowest BCUT2D eigenvalue weighted by Crippen LogP contribution is -2.27. The van der Waals surface area contributed by atoms with Crippen LogP contribution in [0.3, 0.4) is 0 Å². The minimum atomic E-state index is 0.575. The lowest BCUT2D eigenvalue weighted by atomic mass is 9.95. The van der Waals surface area contributed by atoms with Crippen LogP contribution in [0, 0.1) is 0 Å². The van der Waals surface area contributed by atoms with E-state index in [0.29, 0.717) is 12.1 Å². The third kappa shape index (κ3) is 3.81. The molecule has 3 rings (SSSR count). The first-order chi connectivity index (χ1) is 10.9. The number of nitrogens with zero attached hydrogens (tertiary/aromatic N) is 2. The number of likely N-dealkylation sites (tertiary alicyclic amines) is 1. The zero-order chi connectivity index (χ0) is 15.2. The van der Waals surface area contributed by atoms with Gasteiger partial charge in [-0.3, -0.25) is 4.90 Å². The van der Waals surface area contributed by atoms with Gasteiger partial charge in [0.1, 0.15) is 5.82 Å². The molecule has 0 unspecified atom stereocenters. The van der Waals surface area contributed by atoms with Gasteiger partial charge in [0.25, 0.3) is 0 Å². The Morgan fingerprint density at radius 3 is 2.86 bits per heavy atom.